The lowest BCUT2D eigenvalue weighted by atomic mass is 9.73. The molecule has 0 bridgehead atoms. The summed E-state index contributed by atoms with van der Waals surface area (Å²) in [6, 6.07) is 0. The van der Waals surface area contributed by atoms with Crippen LogP contribution < -0.4 is 0 Å². The largest absolute Gasteiger partial charge is 0.465 e. The number of esters is 1. The van der Waals surface area contributed by atoms with Crippen molar-refractivity contribution < 1.29 is 19.1 Å². The van der Waals surface area contributed by atoms with Gasteiger partial charge in [-0.2, -0.15) is 0 Å². The highest BCUT2D eigenvalue weighted by Crippen LogP contribution is 2.73. The Labute approximate surface area is 120 Å². The van der Waals surface area contributed by atoms with Crippen molar-refractivity contribution in [3.8, 4) is 0 Å². The molecule has 0 heterocycles. The first-order valence-electron chi connectivity index (χ1n) is 7.54. The van der Waals surface area contributed by atoms with Crippen LogP contribution in [0.4, 0.5) is 0 Å². The Morgan fingerprint density at radius 1 is 1.30 bits per heavy atom. The zero-order chi connectivity index (χ0) is 15.1. The van der Waals surface area contributed by atoms with Crippen LogP contribution in [0.3, 0.4) is 0 Å². The standard InChI is InChI=1S/C16H24O4/c1-5-10(17)7-8-16(14(19)20-6-2)12(18)9-11-13(16)15(11,3)4/h11,13H,5-9H2,1-4H3/t11-,13+,16+/m0/s1. The number of carbonyl (C=O) groups is 3. The van der Waals surface area contributed by atoms with Crippen LogP contribution in [0.5, 0.6) is 0 Å². The Morgan fingerprint density at radius 2 is 1.95 bits per heavy atom. The van der Waals surface area contributed by atoms with Gasteiger partial charge in [-0.3, -0.25) is 14.4 Å². The summed E-state index contributed by atoms with van der Waals surface area (Å²) in [5, 5.41) is 0. The second kappa shape index (κ2) is 4.97. The number of rotatable bonds is 6. The minimum Gasteiger partial charge on any atom is -0.465 e. The average molecular weight is 280 g/mol. The Kier molecular flexibility index (Phi) is 3.78. The first-order chi connectivity index (χ1) is 9.32. The molecule has 0 aromatic carbocycles. The van der Waals surface area contributed by atoms with Crippen LogP contribution in [0.1, 0.15) is 53.4 Å². The highest BCUT2D eigenvalue weighted by atomic mass is 16.5. The third-order valence-corrected chi connectivity index (χ3v) is 5.32. The molecule has 4 nitrogen and oxygen atoms in total. The molecule has 112 valence electrons. The van der Waals surface area contributed by atoms with Gasteiger partial charge in [-0.05, 0) is 30.6 Å². The second-order valence-corrected chi connectivity index (χ2v) is 6.62. The van der Waals surface area contributed by atoms with Gasteiger partial charge in [-0.25, -0.2) is 0 Å². The zero-order valence-electron chi connectivity index (χ0n) is 12.8. The first-order valence-corrected chi connectivity index (χ1v) is 7.54. The molecular formula is C16H24O4. The molecule has 2 aliphatic carbocycles. The monoisotopic (exact) mass is 280 g/mol. The summed E-state index contributed by atoms with van der Waals surface area (Å²) in [6.07, 6.45) is 1.52. The van der Waals surface area contributed by atoms with Crippen LogP contribution in [-0.2, 0) is 19.1 Å². The van der Waals surface area contributed by atoms with Crippen LogP contribution in [0.2, 0.25) is 0 Å². The van der Waals surface area contributed by atoms with Gasteiger partial charge in [0.2, 0.25) is 0 Å². The summed E-state index contributed by atoms with van der Waals surface area (Å²) in [4.78, 5) is 36.5. The van der Waals surface area contributed by atoms with Crippen molar-refractivity contribution in [2.75, 3.05) is 6.61 Å². The molecule has 0 aromatic heterocycles. The summed E-state index contributed by atoms with van der Waals surface area (Å²) in [7, 11) is 0. The summed E-state index contributed by atoms with van der Waals surface area (Å²) >= 11 is 0. The van der Waals surface area contributed by atoms with E-state index in [9.17, 15) is 14.4 Å². The van der Waals surface area contributed by atoms with E-state index in [0.717, 1.165) is 0 Å². The van der Waals surface area contributed by atoms with Gasteiger partial charge in [0, 0.05) is 19.3 Å². The topological polar surface area (TPSA) is 60.4 Å². The van der Waals surface area contributed by atoms with Gasteiger partial charge in [-0.15, -0.1) is 0 Å². The molecule has 0 N–H and O–H groups in total. The molecule has 2 rings (SSSR count). The summed E-state index contributed by atoms with van der Waals surface area (Å²) in [6.45, 7) is 8.03. The van der Waals surface area contributed by atoms with Gasteiger partial charge in [0.05, 0.1) is 6.61 Å². The van der Waals surface area contributed by atoms with Crippen molar-refractivity contribution in [3.05, 3.63) is 0 Å². The number of ketones is 2. The molecule has 0 unspecified atom stereocenters. The lowest BCUT2D eigenvalue weighted by molar-refractivity contribution is -0.162. The van der Waals surface area contributed by atoms with E-state index in [0.29, 0.717) is 25.7 Å². The molecule has 2 aliphatic rings. The molecule has 2 saturated carbocycles. The Balaban J connectivity index is 2.27. The summed E-state index contributed by atoms with van der Waals surface area (Å²) in [5.41, 5.74) is -1.05. The van der Waals surface area contributed by atoms with Crippen molar-refractivity contribution in [1.29, 1.82) is 0 Å². The molecule has 0 spiro atoms. The van der Waals surface area contributed by atoms with Crippen molar-refractivity contribution in [2.24, 2.45) is 22.7 Å². The molecule has 0 saturated heterocycles. The van der Waals surface area contributed by atoms with E-state index in [1.165, 1.54) is 0 Å². The van der Waals surface area contributed by atoms with Gasteiger partial charge in [0.25, 0.3) is 0 Å². The second-order valence-electron chi connectivity index (χ2n) is 6.62. The van der Waals surface area contributed by atoms with Crippen LogP contribution in [0, 0.1) is 22.7 Å². The third-order valence-electron chi connectivity index (χ3n) is 5.32. The van der Waals surface area contributed by atoms with Crippen LogP contribution in [0.15, 0.2) is 0 Å². The number of fused-ring (bicyclic) bond motifs is 1. The summed E-state index contributed by atoms with van der Waals surface area (Å²) in [5.74, 6) is -0.00752. The van der Waals surface area contributed by atoms with Crippen molar-refractivity contribution in [3.63, 3.8) is 0 Å². The molecule has 0 radical (unpaired) electrons. The van der Waals surface area contributed by atoms with Crippen molar-refractivity contribution in [2.45, 2.75) is 53.4 Å². The van der Waals surface area contributed by atoms with Gasteiger partial charge < -0.3 is 4.74 Å². The van der Waals surface area contributed by atoms with Crippen molar-refractivity contribution >= 4 is 17.5 Å². The number of hydrogen-bond acceptors (Lipinski definition) is 4. The highest BCUT2D eigenvalue weighted by molar-refractivity contribution is 6.07. The lowest BCUT2D eigenvalue weighted by Crippen LogP contribution is -2.42. The Hall–Kier alpha value is -1.19. The van der Waals surface area contributed by atoms with E-state index >= 15 is 0 Å². The number of hydrogen-bond donors (Lipinski definition) is 0. The van der Waals surface area contributed by atoms with Gasteiger partial charge >= 0.3 is 5.97 Å². The number of carbonyl (C=O) groups excluding carboxylic acids is 3. The zero-order valence-corrected chi connectivity index (χ0v) is 12.8. The molecule has 20 heavy (non-hydrogen) atoms. The minimum atomic E-state index is -1.06. The molecule has 2 fully saturated rings. The Morgan fingerprint density at radius 3 is 2.45 bits per heavy atom. The quantitative estimate of drug-likeness (QED) is 0.554. The highest BCUT2D eigenvalue weighted by Gasteiger charge is 2.76. The minimum absolute atomic E-state index is 0.00985. The molecular weight excluding hydrogens is 256 g/mol. The van der Waals surface area contributed by atoms with E-state index in [-0.39, 0.29) is 35.4 Å². The van der Waals surface area contributed by atoms with E-state index in [4.69, 9.17) is 4.74 Å². The smallest absolute Gasteiger partial charge is 0.319 e. The van der Waals surface area contributed by atoms with E-state index < -0.39 is 11.4 Å². The Bertz CT molecular complexity index is 451. The predicted octanol–water partition coefficient (Wildman–Crippen LogP) is 2.54. The molecule has 0 aliphatic heterocycles. The number of Topliss-reactive ketones (excluding diaryl/α,β-unsaturated/α-hetero) is 2. The average Bonchev–Trinajstić information content (AvgIpc) is 2.79. The van der Waals surface area contributed by atoms with Gasteiger partial charge in [-0.1, -0.05) is 20.8 Å². The molecule has 3 atom stereocenters. The molecule has 0 aromatic rings. The maximum atomic E-state index is 12.4. The fourth-order valence-electron chi connectivity index (χ4n) is 4.07. The van der Waals surface area contributed by atoms with Crippen LogP contribution in [0.25, 0.3) is 0 Å². The normalized spacial score (nSPS) is 33.7. The SMILES string of the molecule is CCOC(=O)[C@]1(CCC(=O)CC)C(=O)C[C@H]2[C@@H]1C2(C)C. The van der Waals surface area contributed by atoms with E-state index in [1.54, 1.807) is 13.8 Å². The molecule has 0 amide bonds. The fraction of sp³-hybridized carbons (Fsp3) is 0.812. The van der Waals surface area contributed by atoms with Gasteiger partial charge in [0.15, 0.2) is 5.78 Å². The molecule has 4 heteroatoms. The summed E-state index contributed by atoms with van der Waals surface area (Å²) < 4.78 is 5.18. The third kappa shape index (κ3) is 2.00. The van der Waals surface area contributed by atoms with E-state index in [2.05, 4.69) is 13.8 Å². The van der Waals surface area contributed by atoms with Crippen molar-refractivity contribution in [1.82, 2.24) is 0 Å². The first kappa shape index (κ1) is 15.2. The van der Waals surface area contributed by atoms with Crippen LogP contribution in [-0.4, -0.2) is 24.1 Å². The van der Waals surface area contributed by atoms with E-state index in [1.807, 2.05) is 0 Å². The number of ether oxygens (including phenoxy) is 1. The maximum Gasteiger partial charge on any atom is 0.319 e. The van der Waals surface area contributed by atoms with Crippen LogP contribution >= 0.6 is 0 Å². The fourth-order valence-corrected chi connectivity index (χ4v) is 4.07. The predicted molar refractivity (Wildman–Crippen MR) is 74.0 cm³/mol. The van der Waals surface area contributed by atoms with Gasteiger partial charge in [0.1, 0.15) is 11.2 Å². The maximum absolute atomic E-state index is 12.4. The lowest BCUT2D eigenvalue weighted by Gasteiger charge is -2.30.